The first-order valence-corrected chi connectivity index (χ1v) is 11.4. The van der Waals surface area contributed by atoms with Crippen LogP contribution in [0.3, 0.4) is 0 Å². The molecule has 1 fully saturated rings. The highest BCUT2D eigenvalue weighted by atomic mass is 32.2. The third kappa shape index (κ3) is 5.11. The second-order valence-corrected chi connectivity index (χ2v) is 9.14. The number of hydrogen-bond acceptors (Lipinski definition) is 9. The molecule has 0 saturated carbocycles. The van der Waals surface area contributed by atoms with E-state index in [2.05, 4.69) is 4.74 Å². The summed E-state index contributed by atoms with van der Waals surface area (Å²) in [5.41, 5.74) is 1.37. The number of esters is 1. The Kier molecular flexibility index (Phi) is 6.90. The average molecular weight is 478 g/mol. The van der Waals surface area contributed by atoms with Gasteiger partial charge in [-0.3, -0.25) is 19.3 Å². The fraction of sp³-hybridized carbons (Fsp3) is 0.190. The number of thioether (sulfide) groups is 1. The predicted octanol–water partition coefficient (Wildman–Crippen LogP) is 2.98. The molecule has 1 heterocycles. The summed E-state index contributed by atoms with van der Waals surface area (Å²) < 4.78 is 40.1. The zero-order chi connectivity index (χ0) is 23.5. The van der Waals surface area contributed by atoms with Crippen molar-refractivity contribution in [2.24, 2.45) is 0 Å². The van der Waals surface area contributed by atoms with Crippen LogP contribution in [0, 0.1) is 6.92 Å². The van der Waals surface area contributed by atoms with Gasteiger partial charge in [0.05, 0.1) is 19.1 Å². The van der Waals surface area contributed by atoms with Crippen LogP contribution in [-0.2, 0) is 24.4 Å². The van der Waals surface area contributed by atoms with E-state index in [1.165, 1.54) is 43.5 Å². The molecular weight excluding hydrogens is 458 g/mol. The smallest absolute Gasteiger partial charge is 0.339 e. The lowest BCUT2D eigenvalue weighted by molar-refractivity contribution is -0.143. The van der Waals surface area contributed by atoms with Gasteiger partial charge in [0.2, 0.25) is 0 Å². The molecule has 168 valence electrons. The summed E-state index contributed by atoms with van der Waals surface area (Å²) in [7, 11) is -1.58. The van der Waals surface area contributed by atoms with Crippen molar-refractivity contribution in [3.63, 3.8) is 0 Å². The summed E-state index contributed by atoms with van der Waals surface area (Å²) in [5.74, 6) is -1.27. The molecule has 0 aliphatic carbocycles. The Labute approximate surface area is 189 Å². The fourth-order valence-corrected chi connectivity index (χ4v) is 4.47. The van der Waals surface area contributed by atoms with Gasteiger partial charge in [-0.1, -0.05) is 23.8 Å². The van der Waals surface area contributed by atoms with E-state index in [-0.39, 0.29) is 21.3 Å². The number of nitrogens with zero attached hydrogens (tertiary/aromatic N) is 1. The highest BCUT2D eigenvalue weighted by molar-refractivity contribution is 8.18. The van der Waals surface area contributed by atoms with Crippen LogP contribution in [-0.4, -0.2) is 51.2 Å². The highest BCUT2D eigenvalue weighted by Crippen LogP contribution is 2.35. The van der Waals surface area contributed by atoms with Crippen molar-refractivity contribution >= 4 is 45.1 Å². The minimum Gasteiger partial charge on any atom is -0.493 e. The molecular formula is C21H19NO8S2. The number of amides is 2. The molecule has 0 spiro atoms. The Bertz CT molecular complexity index is 1200. The van der Waals surface area contributed by atoms with Crippen molar-refractivity contribution in [3.05, 3.63) is 58.5 Å². The minimum absolute atomic E-state index is 0.00601. The maximum absolute atomic E-state index is 12.6. The molecule has 0 aromatic heterocycles. The zero-order valence-corrected chi connectivity index (χ0v) is 19.0. The third-order valence-corrected chi connectivity index (χ3v) is 6.54. The lowest BCUT2D eigenvalue weighted by Crippen LogP contribution is -2.34. The standard InChI is InChI=1S/C21H19NO8S2/c1-13-4-7-15(8-5-13)32(26,27)30-16-9-6-14(10-17(16)28-2)11-18-20(24)22(21(25)31-18)12-19(23)29-3/h4-11H,12H2,1-3H3/b18-11-. The van der Waals surface area contributed by atoms with Gasteiger partial charge >= 0.3 is 16.1 Å². The van der Waals surface area contributed by atoms with Crippen LogP contribution < -0.4 is 8.92 Å². The van der Waals surface area contributed by atoms with E-state index >= 15 is 0 Å². The summed E-state index contributed by atoms with van der Waals surface area (Å²) in [6.07, 6.45) is 1.43. The lowest BCUT2D eigenvalue weighted by Gasteiger charge is -2.12. The van der Waals surface area contributed by atoms with E-state index in [4.69, 9.17) is 8.92 Å². The van der Waals surface area contributed by atoms with Gasteiger partial charge in [-0.05, 0) is 54.6 Å². The number of carbonyl (C=O) groups excluding carboxylic acids is 3. The minimum atomic E-state index is -4.08. The molecule has 1 aliphatic heterocycles. The van der Waals surface area contributed by atoms with Crippen LogP contribution in [0.5, 0.6) is 11.5 Å². The van der Waals surface area contributed by atoms with E-state index in [9.17, 15) is 22.8 Å². The molecule has 1 saturated heterocycles. The Morgan fingerprint density at radius 1 is 1.06 bits per heavy atom. The number of benzene rings is 2. The van der Waals surface area contributed by atoms with Crippen molar-refractivity contribution in [2.45, 2.75) is 11.8 Å². The Balaban J connectivity index is 1.84. The number of ether oxygens (including phenoxy) is 2. The second-order valence-electron chi connectivity index (χ2n) is 6.60. The summed E-state index contributed by atoms with van der Waals surface area (Å²) in [6.45, 7) is 1.36. The van der Waals surface area contributed by atoms with Crippen LogP contribution in [0.1, 0.15) is 11.1 Å². The van der Waals surface area contributed by atoms with E-state index in [0.717, 1.165) is 17.6 Å². The molecule has 2 amide bonds. The van der Waals surface area contributed by atoms with Gasteiger partial charge in [0, 0.05) is 0 Å². The highest BCUT2D eigenvalue weighted by Gasteiger charge is 2.36. The van der Waals surface area contributed by atoms with E-state index < -0.39 is 33.8 Å². The van der Waals surface area contributed by atoms with Crippen LogP contribution in [0.2, 0.25) is 0 Å². The number of aryl methyl sites for hydroxylation is 1. The number of methoxy groups -OCH3 is 2. The summed E-state index contributed by atoms with van der Waals surface area (Å²) in [5, 5.41) is -0.595. The van der Waals surface area contributed by atoms with Crippen LogP contribution in [0.25, 0.3) is 6.08 Å². The molecule has 0 N–H and O–H groups in total. The molecule has 11 heteroatoms. The topological polar surface area (TPSA) is 116 Å². The first kappa shape index (κ1) is 23.4. The molecule has 0 radical (unpaired) electrons. The average Bonchev–Trinajstić information content (AvgIpc) is 3.02. The van der Waals surface area contributed by atoms with Crippen LogP contribution in [0.4, 0.5) is 4.79 Å². The normalized spacial score (nSPS) is 15.2. The number of carbonyl (C=O) groups is 3. The molecule has 3 rings (SSSR count). The van der Waals surface area contributed by atoms with Crippen molar-refractivity contribution in [3.8, 4) is 11.5 Å². The maximum atomic E-state index is 12.6. The second kappa shape index (κ2) is 9.45. The maximum Gasteiger partial charge on any atom is 0.339 e. The Hall–Kier alpha value is -3.31. The van der Waals surface area contributed by atoms with Gasteiger partial charge in [-0.15, -0.1) is 0 Å². The third-order valence-electron chi connectivity index (χ3n) is 4.38. The van der Waals surface area contributed by atoms with Gasteiger partial charge in [0.15, 0.2) is 11.5 Å². The SMILES string of the molecule is COC(=O)CN1C(=O)S/C(=C\c2ccc(OS(=O)(=O)c3ccc(C)cc3)c(OC)c2)C1=O. The van der Waals surface area contributed by atoms with Crippen LogP contribution >= 0.6 is 11.8 Å². The van der Waals surface area contributed by atoms with Gasteiger partial charge < -0.3 is 13.7 Å². The lowest BCUT2D eigenvalue weighted by atomic mass is 10.2. The summed E-state index contributed by atoms with van der Waals surface area (Å²) in [4.78, 5) is 36.7. The van der Waals surface area contributed by atoms with E-state index in [0.29, 0.717) is 17.3 Å². The van der Waals surface area contributed by atoms with E-state index in [1.54, 1.807) is 12.1 Å². The number of imide groups is 1. The largest absolute Gasteiger partial charge is 0.493 e. The predicted molar refractivity (Wildman–Crippen MR) is 117 cm³/mol. The quantitative estimate of drug-likeness (QED) is 0.337. The Morgan fingerprint density at radius 3 is 2.38 bits per heavy atom. The number of rotatable bonds is 7. The molecule has 0 bridgehead atoms. The molecule has 1 aliphatic rings. The van der Waals surface area contributed by atoms with Crippen molar-refractivity contribution < 1.29 is 36.5 Å². The molecule has 0 atom stereocenters. The van der Waals surface area contributed by atoms with Gasteiger partial charge in [0.25, 0.3) is 11.1 Å². The molecule has 9 nitrogen and oxygen atoms in total. The fourth-order valence-electron chi connectivity index (χ4n) is 2.70. The van der Waals surface area contributed by atoms with Gasteiger partial charge in [0.1, 0.15) is 11.4 Å². The first-order chi connectivity index (χ1) is 15.1. The van der Waals surface area contributed by atoms with Gasteiger partial charge in [-0.25, -0.2) is 0 Å². The van der Waals surface area contributed by atoms with E-state index in [1.807, 2.05) is 6.92 Å². The molecule has 0 unspecified atom stereocenters. The molecule has 2 aromatic carbocycles. The number of hydrogen-bond donors (Lipinski definition) is 0. The summed E-state index contributed by atoms with van der Waals surface area (Å²) >= 11 is 0.678. The molecule has 32 heavy (non-hydrogen) atoms. The van der Waals surface area contributed by atoms with Crippen molar-refractivity contribution in [2.75, 3.05) is 20.8 Å². The monoisotopic (exact) mass is 477 g/mol. The van der Waals surface area contributed by atoms with Gasteiger partial charge in [-0.2, -0.15) is 8.42 Å². The Morgan fingerprint density at radius 2 is 1.75 bits per heavy atom. The van der Waals surface area contributed by atoms with Crippen molar-refractivity contribution in [1.82, 2.24) is 4.90 Å². The zero-order valence-electron chi connectivity index (χ0n) is 17.4. The first-order valence-electron chi connectivity index (χ1n) is 9.16. The molecule has 2 aromatic rings. The van der Waals surface area contributed by atoms with Crippen LogP contribution in [0.15, 0.2) is 52.3 Å². The summed E-state index contributed by atoms with van der Waals surface area (Å²) in [6, 6.07) is 10.6. The van der Waals surface area contributed by atoms with Crippen molar-refractivity contribution in [1.29, 1.82) is 0 Å².